The van der Waals surface area contributed by atoms with Crippen molar-refractivity contribution >= 4 is 22.3 Å². The number of rotatable bonds is 3. The highest BCUT2D eigenvalue weighted by Crippen LogP contribution is 2.30. The molecule has 3 N–H and O–H groups in total. The fraction of sp³-hybridized carbons (Fsp3) is 0.250. The largest absolute Gasteiger partial charge is 0.398 e. The van der Waals surface area contributed by atoms with Gasteiger partial charge in [0.2, 0.25) is 0 Å². The van der Waals surface area contributed by atoms with E-state index in [2.05, 4.69) is 4.98 Å². The van der Waals surface area contributed by atoms with Crippen molar-refractivity contribution < 1.29 is 9.50 Å². The smallest absolute Gasteiger partial charge is 0.138 e. The van der Waals surface area contributed by atoms with Gasteiger partial charge in [0, 0.05) is 30.9 Å². The predicted molar refractivity (Wildman–Crippen MR) is 66.5 cm³/mol. The topological polar surface area (TPSA) is 62.4 Å². The Bertz CT molecular complexity index is 545. The number of aliphatic hydroxyl groups excluding tert-OH is 1. The molecule has 0 spiro atoms. The minimum atomic E-state index is -0.324. The highest BCUT2D eigenvalue weighted by molar-refractivity contribution is 6.01. The van der Waals surface area contributed by atoms with Crippen molar-refractivity contribution in [1.82, 2.24) is 4.98 Å². The highest BCUT2D eigenvalue weighted by atomic mass is 19.1. The normalized spacial score (nSPS) is 10.8. The van der Waals surface area contributed by atoms with Crippen LogP contribution in [0.1, 0.15) is 0 Å². The summed E-state index contributed by atoms with van der Waals surface area (Å²) in [4.78, 5) is 5.94. The first-order valence-electron chi connectivity index (χ1n) is 5.30. The maximum absolute atomic E-state index is 13.6. The van der Waals surface area contributed by atoms with Crippen LogP contribution in [0.3, 0.4) is 0 Å². The average molecular weight is 235 g/mol. The van der Waals surface area contributed by atoms with Crippen molar-refractivity contribution in [3.05, 3.63) is 30.2 Å². The van der Waals surface area contributed by atoms with E-state index in [9.17, 15) is 4.39 Å². The van der Waals surface area contributed by atoms with Crippen molar-refractivity contribution in [3.63, 3.8) is 0 Å². The molecule has 0 saturated heterocycles. The predicted octanol–water partition coefficient (Wildman–Crippen LogP) is 1.38. The Balaban J connectivity index is 2.68. The maximum Gasteiger partial charge on any atom is 0.138 e. The molecule has 1 aromatic carbocycles. The molecular weight excluding hydrogens is 221 g/mol. The lowest BCUT2D eigenvalue weighted by Crippen LogP contribution is -2.22. The number of nitrogens with zero attached hydrogens (tertiary/aromatic N) is 2. The average Bonchev–Trinajstić information content (AvgIpc) is 2.34. The molecule has 1 heterocycles. The fourth-order valence-corrected chi connectivity index (χ4v) is 1.82. The molecule has 0 aliphatic rings. The number of fused-ring (bicyclic) bond motifs is 1. The number of benzene rings is 1. The molecule has 2 aromatic rings. The molecule has 2 rings (SSSR count). The van der Waals surface area contributed by atoms with E-state index in [1.54, 1.807) is 18.0 Å². The number of aromatic nitrogens is 1. The summed E-state index contributed by atoms with van der Waals surface area (Å²) >= 11 is 0. The molecule has 17 heavy (non-hydrogen) atoms. The molecule has 0 fully saturated rings. The van der Waals surface area contributed by atoms with Gasteiger partial charge in [-0.25, -0.2) is 9.37 Å². The van der Waals surface area contributed by atoms with Crippen LogP contribution in [0.2, 0.25) is 0 Å². The van der Waals surface area contributed by atoms with Crippen molar-refractivity contribution in [3.8, 4) is 0 Å². The molecule has 0 saturated carbocycles. The minimum Gasteiger partial charge on any atom is -0.398 e. The first kappa shape index (κ1) is 11.6. The van der Waals surface area contributed by atoms with Crippen molar-refractivity contribution in [2.24, 2.45) is 0 Å². The Morgan fingerprint density at radius 1 is 1.41 bits per heavy atom. The molecule has 0 aliphatic carbocycles. The van der Waals surface area contributed by atoms with Gasteiger partial charge < -0.3 is 15.7 Å². The van der Waals surface area contributed by atoms with E-state index in [-0.39, 0.29) is 12.4 Å². The number of halogens is 1. The van der Waals surface area contributed by atoms with E-state index in [0.29, 0.717) is 28.8 Å². The molecule has 0 bridgehead atoms. The summed E-state index contributed by atoms with van der Waals surface area (Å²) in [6, 6.07) is 4.46. The van der Waals surface area contributed by atoms with Crippen molar-refractivity contribution in [2.45, 2.75) is 0 Å². The van der Waals surface area contributed by atoms with Crippen LogP contribution >= 0.6 is 0 Å². The molecule has 0 aliphatic heterocycles. The number of hydrogen-bond donors (Lipinski definition) is 2. The molecule has 0 radical (unpaired) electrons. The standard InChI is InChI=1S/C12H14FN3O/c1-16(6-7-17)12-11-8(4-5-15-12)9(13)2-3-10(11)14/h2-5,17H,6-7,14H2,1H3. The van der Waals surface area contributed by atoms with Gasteiger partial charge in [-0.05, 0) is 18.2 Å². The van der Waals surface area contributed by atoms with Gasteiger partial charge in [-0.1, -0.05) is 0 Å². The summed E-state index contributed by atoms with van der Waals surface area (Å²) in [5.74, 6) is 0.254. The van der Waals surface area contributed by atoms with Crippen LogP contribution in [0.5, 0.6) is 0 Å². The molecule has 0 unspecified atom stereocenters. The van der Waals surface area contributed by atoms with E-state index in [1.165, 1.54) is 18.3 Å². The van der Waals surface area contributed by atoms with Crippen LogP contribution in [0.4, 0.5) is 15.9 Å². The summed E-state index contributed by atoms with van der Waals surface area (Å²) in [7, 11) is 1.78. The van der Waals surface area contributed by atoms with Crippen LogP contribution in [0, 0.1) is 5.82 Å². The van der Waals surface area contributed by atoms with Gasteiger partial charge in [0.1, 0.15) is 11.6 Å². The van der Waals surface area contributed by atoms with E-state index in [4.69, 9.17) is 10.8 Å². The Kier molecular flexibility index (Phi) is 3.10. The van der Waals surface area contributed by atoms with E-state index in [0.717, 1.165) is 0 Å². The second-order valence-corrected chi connectivity index (χ2v) is 3.84. The number of nitrogens with two attached hydrogens (primary N) is 1. The Morgan fingerprint density at radius 3 is 2.88 bits per heavy atom. The minimum absolute atomic E-state index is 0.00376. The lowest BCUT2D eigenvalue weighted by molar-refractivity contribution is 0.304. The lowest BCUT2D eigenvalue weighted by atomic mass is 10.1. The van der Waals surface area contributed by atoms with E-state index < -0.39 is 0 Å². The number of aliphatic hydroxyl groups is 1. The molecule has 4 nitrogen and oxygen atoms in total. The number of nitrogen functional groups attached to an aromatic ring is 1. The zero-order valence-corrected chi connectivity index (χ0v) is 9.52. The number of pyridine rings is 1. The summed E-state index contributed by atoms with van der Waals surface area (Å²) in [5.41, 5.74) is 6.34. The van der Waals surface area contributed by atoms with Gasteiger partial charge in [-0.15, -0.1) is 0 Å². The number of likely N-dealkylation sites (N-methyl/N-ethyl adjacent to an activating group) is 1. The van der Waals surface area contributed by atoms with Crippen LogP contribution in [0.25, 0.3) is 10.8 Å². The van der Waals surface area contributed by atoms with Gasteiger partial charge in [-0.3, -0.25) is 0 Å². The first-order chi connectivity index (χ1) is 8.15. The quantitative estimate of drug-likeness (QED) is 0.789. The van der Waals surface area contributed by atoms with Crippen LogP contribution in [0.15, 0.2) is 24.4 Å². The number of anilines is 2. The van der Waals surface area contributed by atoms with Gasteiger partial charge >= 0.3 is 0 Å². The zero-order valence-electron chi connectivity index (χ0n) is 9.52. The van der Waals surface area contributed by atoms with Gasteiger partial charge in [0.25, 0.3) is 0 Å². The third kappa shape index (κ3) is 2.01. The third-order valence-electron chi connectivity index (χ3n) is 2.68. The van der Waals surface area contributed by atoms with Crippen molar-refractivity contribution in [1.29, 1.82) is 0 Å². The van der Waals surface area contributed by atoms with Crippen LogP contribution in [-0.2, 0) is 0 Å². The number of hydrogen-bond acceptors (Lipinski definition) is 4. The molecule has 5 heteroatoms. The fourth-order valence-electron chi connectivity index (χ4n) is 1.82. The van der Waals surface area contributed by atoms with Gasteiger partial charge in [0.15, 0.2) is 0 Å². The maximum atomic E-state index is 13.6. The molecule has 0 atom stereocenters. The first-order valence-corrected chi connectivity index (χ1v) is 5.30. The highest BCUT2D eigenvalue weighted by Gasteiger charge is 2.12. The SMILES string of the molecule is CN(CCO)c1nccc2c(F)ccc(N)c12. The zero-order chi connectivity index (χ0) is 12.4. The molecule has 1 aromatic heterocycles. The van der Waals surface area contributed by atoms with Crippen molar-refractivity contribution in [2.75, 3.05) is 30.8 Å². The lowest BCUT2D eigenvalue weighted by Gasteiger charge is -2.19. The second kappa shape index (κ2) is 4.55. The second-order valence-electron chi connectivity index (χ2n) is 3.84. The van der Waals surface area contributed by atoms with Crippen LogP contribution in [-0.4, -0.2) is 30.3 Å². The van der Waals surface area contributed by atoms with Gasteiger partial charge in [-0.2, -0.15) is 0 Å². The molecule has 90 valence electrons. The Hall–Kier alpha value is -1.88. The monoisotopic (exact) mass is 235 g/mol. The van der Waals surface area contributed by atoms with E-state index in [1.807, 2.05) is 0 Å². The summed E-state index contributed by atoms with van der Waals surface area (Å²) in [5, 5.41) is 9.95. The Morgan fingerprint density at radius 2 is 2.18 bits per heavy atom. The Labute approximate surface area is 98.5 Å². The van der Waals surface area contributed by atoms with E-state index >= 15 is 0 Å². The third-order valence-corrected chi connectivity index (χ3v) is 2.68. The molecule has 0 amide bonds. The molecular formula is C12H14FN3O. The summed E-state index contributed by atoms with van der Waals surface area (Å²) in [6.45, 7) is 0.422. The van der Waals surface area contributed by atoms with Gasteiger partial charge in [0.05, 0.1) is 12.0 Å². The van der Waals surface area contributed by atoms with Crippen LogP contribution < -0.4 is 10.6 Å². The summed E-state index contributed by atoms with van der Waals surface area (Å²) < 4.78 is 13.6. The summed E-state index contributed by atoms with van der Waals surface area (Å²) in [6.07, 6.45) is 1.54.